The van der Waals surface area contributed by atoms with Gasteiger partial charge in [-0.3, -0.25) is 0 Å². The van der Waals surface area contributed by atoms with Gasteiger partial charge in [-0.1, -0.05) is 53.6 Å². The third kappa shape index (κ3) is 5.61. The van der Waals surface area contributed by atoms with E-state index in [1.54, 1.807) is 42.6 Å². The molecule has 0 amide bonds. The predicted octanol–water partition coefficient (Wildman–Crippen LogP) is 5.83. The largest absolute Gasteiger partial charge is 0.324 e. The van der Waals surface area contributed by atoms with Crippen molar-refractivity contribution < 1.29 is 4.39 Å². The number of anilines is 3. The molecule has 0 saturated carbocycles. The van der Waals surface area contributed by atoms with Crippen molar-refractivity contribution in [2.75, 3.05) is 10.7 Å². The third-order valence-corrected chi connectivity index (χ3v) is 4.53. The molecule has 2 N–H and O–H groups in total. The molecule has 6 nitrogen and oxygen atoms in total. The standard InChI is InChI=1S/C23H18ClFN6/c1-15-5-7-16(8-6-15)14-26-31-23-29-21(17-3-2-4-19(25)13-17)28-22(30-23)27-20-11-9-18(24)10-12-20/h2-14H,1H3,(H2,27,28,29,30,31). The molecule has 0 aliphatic heterocycles. The molecule has 0 atom stereocenters. The van der Waals surface area contributed by atoms with Crippen LogP contribution in [0.15, 0.2) is 77.9 Å². The molecule has 0 unspecified atom stereocenters. The summed E-state index contributed by atoms with van der Waals surface area (Å²) in [7, 11) is 0. The molecular weight excluding hydrogens is 415 g/mol. The first-order chi connectivity index (χ1) is 15.0. The average Bonchev–Trinajstić information content (AvgIpc) is 2.77. The number of nitrogens with one attached hydrogen (secondary N) is 2. The summed E-state index contributed by atoms with van der Waals surface area (Å²) < 4.78 is 13.7. The monoisotopic (exact) mass is 432 g/mol. The van der Waals surface area contributed by atoms with Crippen LogP contribution in [0.1, 0.15) is 11.1 Å². The van der Waals surface area contributed by atoms with Gasteiger partial charge in [-0.05, 0) is 48.9 Å². The molecule has 1 heterocycles. The van der Waals surface area contributed by atoms with Gasteiger partial charge in [-0.2, -0.15) is 20.1 Å². The number of halogens is 2. The summed E-state index contributed by atoms with van der Waals surface area (Å²) in [6.07, 6.45) is 1.66. The van der Waals surface area contributed by atoms with Crippen LogP contribution in [-0.2, 0) is 0 Å². The fourth-order valence-electron chi connectivity index (χ4n) is 2.72. The predicted molar refractivity (Wildman–Crippen MR) is 122 cm³/mol. The summed E-state index contributed by atoms with van der Waals surface area (Å²) >= 11 is 5.95. The number of hydrazone groups is 1. The van der Waals surface area contributed by atoms with E-state index in [0.29, 0.717) is 16.4 Å². The minimum atomic E-state index is -0.378. The summed E-state index contributed by atoms with van der Waals surface area (Å²) in [5.41, 5.74) is 6.18. The minimum Gasteiger partial charge on any atom is -0.324 e. The van der Waals surface area contributed by atoms with Gasteiger partial charge in [0.2, 0.25) is 11.9 Å². The zero-order valence-electron chi connectivity index (χ0n) is 16.6. The van der Waals surface area contributed by atoms with Crippen LogP contribution in [0.3, 0.4) is 0 Å². The summed E-state index contributed by atoms with van der Waals surface area (Å²) in [5.74, 6) is 0.426. The van der Waals surface area contributed by atoms with Crippen molar-refractivity contribution in [3.05, 3.63) is 94.8 Å². The highest BCUT2D eigenvalue weighted by molar-refractivity contribution is 6.30. The Morgan fingerprint density at radius 3 is 2.39 bits per heavy atom. The Balaban J connectivity index is 1.63. The van der Waals surface area contributed by atoms with Crippen LogP contribution in [0.4, 0.5) is 22.0 Å². The highest BCUT2D eigenvalue weighted by atomic mass is 35.5. The molecule has 0 fully saturated rings. The second-order valence-electron chi connectivity index (χ2n) is 6.73. The second-order valence-corrected chi connectivity index (χ2v) is 7.17. The molecule has 0 saturated heterocycles. The molecule has 31 heavy (non-hydrogen) atoms. The van der Waals surface area contributed by atoms with Gasteiger partial charge in [0.05, 0.1) is 6.21 Å². The van der Waals surface area contributed by atoms with Crippen LogP contribution in [0.25, 0.3) is 11.4 Å². The van der Waals surface area contributed by atoms with Crippen LogP contribution in [-0.4, -0.2) is 21.2 Å². The molecule has 3 aromatic carbocycles. The maximum absolute atomic E-state index is 13.7. The quantitative estimate of drug-likeness (QED) is 0.296. The van der Waals surface area contributed by atoms with Crippen LogP contribution in [0.5, 0.6) is 0 Å². The first-order valence-electron chi connectivity index (χ1n) is 9.45. The van der Waals surface area contributed by atoms with Gasteiger partial charge >= 0.3 is 0 Å². The Kier molecular flexibility index (Phi) is 6.14. The van der Waals surface area contributed by atoms with Gasteiger partial charge in [0.1, 0.15) is 5.82 Å². The number of nitrogens with zero attached hydrogens (tertiary/aromatic N) is 4. The molecule has 0 spiro atoms. The Hall–Kier alpha value is -3.84. The summed E-state index contributed by atoms with van der Waals surface area (Å²) in [6, 6.07) is 21.1. The molecule has 154 valence electrons. The van der Waals surface area contributed by atoms with Crippen LogP contribution in [0, 0.1) is 12.7 Å². The Morgan fingerprint density at radius 2 is 1.65 bits per heavy atom. The lowest BCUT2D eigenvalue weighted by Gasteiger charge is -2.09. The minimum absolute atomic E-state index is 0.217. The van der Waals surface area contributed by atoms with E-state index < -0.39 is 0 Å². The van der Waals surface area contributed by atoms with Crippen molar-refractivity contribution in [3.63, 3.8) is 0 Å². The van der Waals surface area contributed by atoms with Crippen molar-refractivity contribution >= 4 is 35.4 Å². The molecule has 4 rings (SSSR count). The van der Waals surface area contributed by atoms with Crippen LogP contribution >= 0.6 is 11.6 Å². The van der Waals surface area contributed by atoms with E-state index in [9.17, 15) is 4.39 Å². The SMILES string of the molecule is Cc1ccc(C=NNc2nc(Nc3ccc(Cl)cc3)nc(-c3cccc(F)c3)n2)cc1. The maximum Gasteiger partial charge on any atom is 0.248 e. The number of hydrogen-bond donors (Lipinski definition) is 2. The van der Waals surface area contributed by atoms with Crippen molar-refractivity contribution in [1.82, 2.24) is 15.0 Å². The first kappa shape index (κ1) is 20.4. The Bertz CT molecular complexity index is 1210. The zero-order valence-corrected chi connectivity index (χ0v) is 17.3. The van der Waals surface area contributed by atoms with Gasteiger partial charge in [0, 0.05) is 16.3 Å². The van der Waals surface area contributed by atoms with Crippen LogP contribution < -0.4 is 10.7 Å². The number of aryl methyl sites for hydroxylation is 1. The van der Waals surface area contributed by atoms with Crippen molar-refractivity contribution in [2.24, 2.45) is 5.10 Å². The lowest BCUT2D eigenvalue weighted by molar-refractivity contribution is 0.628. The topological polar surface area (TPSA) is 75.1 Å². The maximum atomic E-state index is 13.7. The van der Waals surface area contributed by atoms with Gasteiger partial charge in [-0.25, -0.2) is 9.82 Å². The fraction of sp³-hybridized carbons (Fsp3) is 0.0435. The Labute approximate surface area is 183 Å². The molecule has 0 radical (unpaired) electrons. The molecule has 0 aliphatic rings. The third-order valence-electron chi connectivity index (χ3n) is 4.27. The average molecular weight is 433 g/mol. The van der Waals surface area contributed by atoms with Crippen molar-refractivity contribution in [3.8, 4) is 11.4 Å². The van der Waals surface area contributed by atoms with Gasteiger partial charge in [0.25, 0.3) is 0 Å². The van der Waals surface area contributed by atoms with E-state index in [-0.39, 0.29) is 17.7 Å². The molecule has 4 aromatic rings. The highest BCUT2D eigenvalue weighted by Crippen LogP contribution is 2.22. The van der Waals surface area contributed by atoms with Gasteiger partial charge < -0.3 is 5.32 Å². The van der Waals surface area contributed by atoms with Crippen LogP contribution in [0.2, 0.25) is 5.02 Å². The number of hydrogen-bond acceptors (Lipinski definition) is 6. The highest BCUT2D eigenvalue weighted by Gasteiger charge is 2.10. The van der Waals surface area contributed by atoms with E-state index in [1.165, 1.54) is 17.7 Å². The second kappa shape index (κ2) is 9.32. The van der Waals surface area contributed by atoms with Crippen molar-refractivity contribution in [1.29, 1.82) is 0 Å². The smallest absolute Gasteiger partial charge is 0.248 e. The van der Waals surface area contributed by atoms with E-state index >= 15 is 0 Å². The van der Waals surface area contributed by atoms with Crippen molar-refractivity contribution in [2.45, 2.75) is 6.92 Å². The fourth-order valence-corrected chi connectivity index (χ4v) is 2.84. The lowest BCUT2D eigenvalue weighted by atomic mass is 10.2. The normalized spacial score (nSPS) is 10.9. The van der Waals surface area contributed by atoms with E-state index in [0.717, 1.165) is 11.3 Å². The molecular formula is C23H18ClFN6. The molecule has 8 heteroatoms. The van der Waals surface area contributed by atoms with E-state index in [2.05, 4.69) is 30.8 Å². The van der Waals surface area contributed by atoms with E-state index in [4.69, 9.17) is 11.6 Å². The molecule has 1 aromatic heterocycles. The Morgan fingerprint density at radius 1 is 0.903 bits per heavy atom. The molecule has 0 aliphatic carbocycles. The number of benzene rings is 3. The number of rotatable bonds is 6. The summed E-state index contributed by atoms with van der Waals surface area (Å²) in [4.78, 5) is 13.1. The molecule has 0 bridgehead atoms. The summed E-state index contributed by atoms with van der Waals surface area (Å²) in [5, 5.41) is 7.93. The lowest BCUT2D eigenvalue weighted by Crippen LogP contribution is -2.05. The first-order valence-corrected chi connectivity index (χ1v) is 9.83. The van der Waals surface area contributed by atoms with Gasteiger partial charge in [-0.15, -0.1) is 0 Å². The summed E-state index contributed by atoms with van der Waals surface area (Å²) in [6.45, 7) is 2.02. The zero-order chi connectivity index (χ0) is 21.6. The van der Waals surface area contributed by atoms with Gasteiger partial charge in [0.15, 0.2) is 5.82 Å². The number of aromatic nitrogens is 3. The van der Waals surface area contributed by atoms with E-state index in [1.807, 2.05) is 31.2 Å².